The highest BCUT2D eigenvalue weighted by molar-refractivity contribution is 7.80. The van der Waals surface area contributed by atoms with Crippen molar-refractivity contribution >= 4 is 23.7 Å². The molecule has 0 fully saturated rings. The van der Waals surface area contributed by atoms with Crippen LogP contribution in [0.2, 0.25) is 0 Å². The fourth-order valence-corrected chi connectivity index (χ4v) is 0.392. The van der Waals surface area contributed by atoms with Gasteiger partial charge in [0.1, 0.15) is 0 Å². The predicted octanol–water partition coefficient (Wildman–Crippen LogP) is -0.237. The Balaban J connectivity index is 3.25. The van der Waals surface area contributed by atoms with Crippen LogP contribution < -0.4 is 16.6 Å². The highest BCUT2D eigenvalue weighted by Gasteiger charge is 1.82. The van der Waals surface area contributed by atoms with Gasteiger partial charge in [-0.25, -0.2) is 5.84 Å². The number of nitrogens with zero attached hydrogens (tertiary/aromatic N) is 1. The summed E-state index contributed by atoms with van der Waals surface area (Å²) < 4.78 is 0. The summed E-state index contributed by atoms with van der Waals surface area (Å²) in [6, 6.07) is 0. The van der Waals surface area contributed by atoms with Gasteiger partial charge in [0.25, 0.3) is 0 Å². The van der Waals surface area contributed by atoms with E-state index in [1.54, 1.807) is 0 Å². The topological polar surface area (TPSA) is 62.4 Å². The Kier molecular flexibility index (Phi) is 6.00. The van der Waals surface area contributed by atoms with Gasteiger partial charge in [0, 0.05) is 6.54 Å². The first-order chi connectivity index (χ1) is 4.81. The van der Waals surface area contributed by atoms with E-state index in [2.05, 4.69) is 34.9 Å². The molecule has 0 atom stereocenters. The molecule has 5 heteroatoms. The SMILES string of the molecule is CCCN=CNC(=S)NN. The molecule has 4 N–H and O–H groups in total. The zero-order chi connectivity index (χ0) is 7.82. The fourth-order valence-electron chi connectivity index (χ4n) is 0.340. The summed E-state index contributed by atoms with van der Waals surface area (Å²) in [7, 11) is 0. The van der Waals surface area contributed by atoms with Crippen molar-refractivity contribution in [3.05, 3.63) is 0 Å². The molecule has 0 heterocycles. The minimum Gasteiger partial charge on any atom is -0.323 e. The number of aliphatic imine (C=N–C) groups is 1. The second-order valence-corrected chi connectivity index (χ2v) is 2.06. The summed E-state index contributed by atoms with van der Waals surface area (Å²) in [6.45, 7) is 2.86. The third-order valence-corrected chi connectivity index (χ3v) is 1.01. The summed E-state index contributed by atoms with van der Waals surface area (Å²) >= 11 is 4.67. The number of hydrogen-bond acceptors (Lipinski definition) is 3. The van der Waals surface area contributed by atoms with Gasteiger partial charge in [-0.15, -0.1) is 0 Å². The van der Waals surface area contributed by atoms with Crippen LogP contribution in [-0.2, 0) is 0 Å². The molecule has 0 aliphatic heterocycles. The Morgan fingerprint density at radius 3 is 3.00 bits per heavy atom. The molecule has 0 aromatic heterocycles. The zero-order valence-corrected chi connectivity index (χ0v) is 6.74. The summed E-state index contributed by atoms with van der Waals surface area (Å²) in [4.78, 5) is 3.96. The molecule has 0 aliphatic rings. The van der Waals surface area contributed by atoms with Crippen LogP contribution in [0.1, 0.15) is 13.3 Å². The van der Waals surface area contributed by atoms with Crippen molar-refractivity contribution in [3.8, 4) is 0 Å². The van der Waals surface area contributed by atoms with Crippen molar-refractivity contribution in [3.63, 3.8) is 0 Å². The zero-order valence-electron chi connectivity index (χ0n) is 5.92. The number of thiocarbonyl (C=S) groups is 1. The van der Waals surface area contributed by atoms with Crippen LogP contribution >= 0.6 is 12.2 Å². The molecule has 0 bridgehead atoms. The van der Waals surface area contributed by atoms with Gasteiger partial charge in [-0.2, -0.15) is 0 Å². The standard InChI is InChI=1S/C5H12N4S/c1-2-3-7-4-8-5(10)9-6/h4H,2-3,6H2,1H3,(H2,7,8,9,10). The third kappa shape index (κ3) is 5.46. The van der Waals surface area contributed by atoms with Gasteiger partial charge >= 0.3 is 0 Å². The summed E-state index contributed by atoms with van der Waals surface area (Å²) in [5.74, 6) is 4.97. The molecule has 0 spiro atoms. The van der Waals surface area contributed by atoms with Gasteiger partial charge in [-0.05, 0) is 18.6 Å². The van der Waals surface area contributed by atoms with E-state index >= 15 is 0 Å². The first-order valence-electron chi connectivity index (χ1n) is 3.06. The minimum absolute atomic E-state index is 0.375. The van der Waals surface area contributed by atoms with Gasteiger partial charge in [0.15, 0.2) is 5.11 Å². The van der Waals surface area contributed by atoms with Crippen molar-refractivity contribution in [2.75, 3.05) is 6.54 Å². The number of rotatable bonds is 3. The lowest BCUT2D eigenvalue weighted by Crippen LogP contribution is -2.38. The Hall–Kier alpha value is -0.680. The van der Waals surface area contributed by atoms with Crippen molar-refractivity contribution in [2.24, 2.45) is 10.8 Å². The van der Waals surface area contributed by atoms with Crippen LogP contribution in [0.25, 0.3) is 0 Å². The van der Waals surface area contributed by atoms with Gasteiger partial charge in [-0.1, -0.05) is 6.92 Å². The smallest absolute Gasteiger partial charge is 0.185 e. The number of hydrazine groups is 1. The van der Waals surface area contributed by atoms with E-state index in [9.17, 15) is 0 Å². The van der Waals surface area contributed by atoms with E-state index in [4.69, 9.17) is 5.84 Å². The average molecular weight is 160 g/mol. The van der Waals surface area contributed by atoms with E-state index in [0.29, 0.717) is 5.11 Å². The maximum absolute atomic E-state index is 4.97. The molecular formula is C5H12N4S. The molecule has 0 aromatic carbocycles. The number of nitrogens with one attached hydrogen (secondary N) is 2. The van der Waals surface area contributed by atoms with Crippen LogP contribution in [0.4, 0.5) is 0 Å². The average Bonchev–Trinajstić information content (AvgIpc) is 1.98. The lowest BCUT2D eigenvalue weighted by molar-refractivity contribution is 0.929. The molecule has 0 radical (unpaired) electrons. The Morgan fingerprint density at radius 2 is 2.50 bits per heavy atom. The lowest BCUT2D eigenvalue weighted by atomic mass is 10.5. The molecule has 58 valence electrons. The van der Waals surface area contributed by atoms with E-state index in [1.165, 1.54) is 6.34 Å². The molecular weight excluding hydrogens is 148 g/mol. The monoisotopic (exact) mass is 160 g/mol. The van der Waals surface area contributed by atoms with Gasteiger partial charge in [-0.3, -0.25) is 4.99 Å². The molecule has 10 heavy (non-hydrogen) atoms. The molecule has 0 aromatic rings. The van der Waals surface area contributed by atoms with Crippen molar-refractivity contribution < 1.29 is 0 Å². The predicted molar refractivity (Wildman–Crippen MR) is 46.7 cm³/mol. The maximum atomic E-state index is 4.97. The van der Waals surface area contributed by atoms with E-state index < -0.39 is 0 Å². The Morgan fingerprint density at radius 1 is 1.80 bits per heavy atom. The third-order valence-electron chi connectivity index (χ3n) is 0.771. The van der Waals surface area contributed by atoms with Crippen molar-refractivity contribution in [1.29, 1.82) is 0 Å². The van der Waals surface area contributed by atoms with Gasteiger partial charge < -0.3 is 10.7 Å². The summed E-state index contributed by atoms with van der Waals surface area (Å²) in [5, 5.41) is 3.05. The molecule has 4 nitrogen and oxygen atoms in total. The van der Waals surface area contributed by atoms with E-state index in [0.717, 1.165) is 13.0 Å². The van der Waals surface area contributed by atoms with Crippen LogP contribution in [-0.4, -0.2) is 18.0 Å². The quantitative estimate of drug-likeness (QED) is 0.175. The van der Waals surface area contributed by atoms with Crippen LogP contribution in [0.3, 0.4) is 0 Å². The lowest BCUT2D eigenvalue weighted by Gasteiger charge is -1.98. The normalized spacial score (nSPS) is 9.80. The fraction of sp³-hybridized carbons (Fsp3) is 0.600. The first-order valence-corrected chi connectivity index (χ1v) is 3.47. The second kappa shape index (κ2) is 6.44. The number of hydrogen-bond donors (Lipinski definition) is 3. The van der Waals surface area contributed by atoms with Gasteiger partial charge in [0.05, 0.1) is 6.34 Å². The number of nitrogens with two attached hydrogens (primary N) is 1. The van der Waals surface area contributed by atoms with E-state index in [-0.39, 0.29) is 0 Å². The summed E-state index contributed by atoms with van der Waals surface area (Å²) in [5.41, 5.74) is 2.27. The molecule has 0 rings (SSSR count). The highest BCUT2D eigenvalue weighted by Crippen LogP contribution is 1.72. The highest BCUT2D eigenvalue weighted by atomic mass is 32.1. The minimum atomic E-state index is 0.375. The summed E-state index contributed by atoms with van der Waals surface area (Å²) in [6.07, 6.45) is 2.56. The maximum Gasteiger partial charge on any atom is 0.185 e. The van der Waals surface area contributed by atoms with Crippen molar-refractivity contribution in [1.82, 2.24) is 10.7 Å². The second-order valence-electron chi connectivity index (χ2n) is 1.65. The van der Waals surface area contributed by atoms with E-state index in [1.807, 2.05) is 0 Å². The molecule has 0 saturated carbocycles. The first kappa shape index (κ1) is 9.32. The molecule has 0 amide bonds. The molecule has 0 aliphatic carbocycles. The molecule has 0 unspecified atom stereocenters. The van der Waals surface area contributed by atoms with Crippen LogP contribution in [0.15, 0.2) is 4.99 Å². The van der Waals surface area contributed by atoms with Gasteiger partial charge in [0.2, 0.25) is 0 Å². The van der Waals surface area contributed by atoms with Crippen LogP contribution in [0, 0.1) is 0 Å². The largest absolute Gasteiger partial charge is 0.323 e. The Bertz CT molecular complexity index is 123. The van der Waals surface area contributed by atoms with Crippen molar-refractivity contribution in [2.45, 2.75) is 13.3 Å². The van der Waals surface area contributed by atoms with Crippen LogP contribution in [0.5, 0.6) is 0 Å². The molecule has 0 saturated heterocycles. The Labute approximate surface area is 65.9 Å².